The topological polar surface area (TPSA) is 47.3 Å². The number of rotatable bonds is 2. The van der Waals surface area contributed by atoms with Gasteiger partial charge in [0.05, 0.1) is 5.39 Å². The summed E-state index contributed by atoms with van der Waals surface area (Å²) in [7, 11) is 0. The minimum absolute atomic E-state index is 0.0646. The van der Waals surface area contributed by atoms with Crippen molar-refractivity contribution in [1.82, 2.24) is 0 Å². The van der Waals surface area contributed by atoms with Crippen LogP contribution in [-0.2, 0) is 0 Å². The van der Waals surface area contributed by atoms with Gasteiger partial charge < -0.3 is 4.42 Å². The Bertz CT molecular complexity index is 594. The van der Waals surface area contributed by atoms with Gasteiger partial charge >= 0.3 is 0 Å². The Morgan fingerprint density at radius 1 is 1.25 bits per heavy atom. The van der Waals surface area contributed by atoms with Crippen molar-refractivity contribution in [3.05, 3.63) is 45.8 Å². The van der Waals surface area contributed by atoms with Crippen LogP contribution in [0.1, 0.15) is 35.9 Å². The second kappa shape index (κ2) is 3.93. The molecule has 16 heavy (non-hydrogen) atoms. The molecule has 0 aliphatic rings. The van der Waals surface area contributed by atoms with E-state index in [1.165, 1.54) is 6.07 Å². The zero-order valence-electron chi connectivity index (χ0n) is 9.19. The summed E-state index contributed by atoms with van der Waals surface area (Å²) >= 11 is 0. The standard InChI is InChI=1S/C13H12O3/c1-8(2)9-3-4-13-11(5-9)12(15)6-10(7-14)16-13/h3-8H,1-2H3. The number of hydrogen-bond acceptors (Lipinski definition) is 3. The fourth-order valence-corrected chi connectivity index (χ4v) is 1.61. The molecule has 3 heteroatoms. The van der Waals surface area contributed by atoms with Crippen molar-refractivity contribution in [2.45, 2.75) is 19.8 Å². The first-order chi connectivity index (χ1) is 7.61. The second-order valence-electron chi connectivity index (χ2n) is 4.04. The van der Waals surface area contributed by atoms with Crippen molar-refractivity contribution in [1.29, 1.82) is 0 Å². The highest BCUT2D eigenvalue weighted by Gasteiger charge is 2.06. The molecule has 0 spiro atoms. The molecular weight excluding hydrogens is 204 g/mol. The van der Waals surface area contributed by atoms with Gasteiger partial charge in [0.1, 0.15) is 5.58 Å². The van der Waals surface area contributed by atoms with Crippen LogP contribution < -0.4 is 5.43 Å². The van der Waals surface area contributed by atoms with E-state index in [2.05, 4.69) is 13.8 Å². The number of hydrogen-bond donors (Lipinski definition) is 0. The van der Waals surface area contributed by atoms with Gasteiger partial charge in [0.2, 0.25) is 0 Å². The Kier molecular flexibility index (Phi) is 2.60. The molecule has 0 aliphatic carbocycles. The number of carbonyl (C=O) groups excluding carboxylic acids is 1. The predicted molar refractivity (Wildman–Crippen MR) is 62.0 cm³/mol. The Labute approximate surface area is 92.7 Å². The van der Waals surface area contributed by atoms with Crippen molar-refractivity contribution in [2.75, 3.05) is 0 Å². The lowest BCUT2D eigenvalue weighted by Crippen LogP contribution is -2.02. The van der Waals surface area contributed by atoms with Crippen molar-refractivity contribution in [3.8, 4) is 0 Å². The lowest BCUT2D eigenvalue weighted by atomic mass is 10.0. The summed E-state index contributed by atoms with van der Waals surface area (Å²) in [4.78, 5) is 22.3. The van der Waals surface area contributed by atoms with E-state index < -0.39 is 0 Å². The fourth-order valence-electron chi connectivity index (χ4n) is 1.61. The Hall–Kier alpha value is -1.90. The Morgan fingerprint density at radius 3 is 2.62 bits per heavy atom. The molecule has 0 radical (unpaired) electrons. The van der Waals surface area contributed by atoms with E-state index in [4.69, 9.17) is 4.42 Å². The van der Waals surface area contributed by atoms with Crippen molar-refractivity contribution in [3.63, 3.8) is 0 Å². The van der Waals surface area contributed by atoms with Gasteiger partial charge in [-0.3, -0.25) is 9.59 Å². The molecule has 0 saturated carbocycles. The van der Waals surface area contributed by atoms with E-state index >= 15 is 0 Å². The molecule has 0 unspecified atom stereocenters. The van der Waals surface area contributed by atoms with Crippen LogP contribution in [0.2, 0.25) is 0 Å². The summed E-state index contributed by atoms with van der Waals surface area (Å²) in [6.45, 7) is 4.12. The van der Waals surface area contributed by atoms with Crippen LogP contribution in [0.25, 0.3) is 11.0 Å². The Morgan fingerprint density at radius 2 is 2.00 bits per heavy atom. The monoisotopic (exact) mass is 216 g/mol. The van der Waals surface area contributed by atoms with Crippen LogP contribution in [0.4, 0.5) is 0 Å². The van der Waals surface area contributed by atoms with Crippen molar-refractivity contribution >= 4 is 17.3 Å². The molecule has 2 rings (SSSR count). The maximum Gasteiger partial charge on any atom is 0.193 e. The molecule has 82 valence electrons. The maximum absolute atomic E-state index is 11.7. The third-order valence-corrected chi connectivity index (χ3v) is 2.55. The lowest BCUT2D eigenvalue weighted by molar-refractivity contribution is 0.110. The van der Waals surface area contributed by atoms with Crippen LogP contribution in [0, 0.1) is 0 Å². The summed E-state index contributed by atoms with van der Waals surface area (Å²) in [6, 6.07) is 6.68. The first-order valence-electron chi connectivity index (χ1n) is 5.15. The SMILES string of the molecule is CC(C)c1ccc2oc(C=O)cc(=O)c2c1. The van der Waals surface area contributed by atoms with Crippen LogP contribution in [0.5, 0.6) is 0 Å². The number of carbonyl (C=O) groups is 1. The predicted octanol–water partition coefficient (Wildman–Crippen LogP) is 2.73. The lowest BCUT2D eigenvalue weighted by Gasteiger charge is -2.05. The molecule has 0 fully saturated rings. The summed E-state index contributed by atoms with van der Waals surface area (Å²) in [5.41, 5.74) is 1.36. The minimum atomic E-state index is -0.175. The molecule has 3 nitrogen and oxygen atoms in total. The summed E-state index contributed by atoms with van der Waals surface area (Å²) < 4.78 is 5.26. The number of aldehydes is 1. The molecule has 0 amide bonds. The van der Waals surface area contributed by atoms with E-state index in [0.717, 1.165) is 5.56 Å². The van der Waals surface area contributed by atoms with Gasteiger partial charge in [0.25, 0.3) is 0 Å². The summed E-state index contributed by atoms with van der Waals surface area (Å²) in [5.74, 6) is 0.421. The molecule has 0 saturated heterocycles. The first kappa shape index (κ1) is 10.6. The van der Waals surface area contributed by atoms with Gasteiger partial charge in [-0.05, 0) is 23.6 Å². The van der Waals surface area contributed by atoms with Gasteiger partial charge in [-0.1, -0.05) is 19.9 Å². The molecule has 1 heterocycles. The fraction of sp³-hybridized carbons (Fsp3) is 0.231. The third-order valence-electron chi connectivity index (χ3n) is 2.55. The molecular formula is C13H12O3. The maximum atomic E-state index is 11.7. The zero-order valence-corrected chi connectivity index (χ0v) is 9.19. The van der Waals surface area contributed by atoms with E-state index in [1.54, 1.807) is 6.07 Å². The van der Waals surface area contributed by atoms with E-state index in [-0.39, 0.29) is 11.2 Å². The summed E-state index contributed by atoms with van der Waals surface area (Å²) in [5, 5.41) is 0.525. The molecule has 0 bridgehead atoms. The molecule has 0 N–H and O–H groups in total. The smallest absolute Gasteiger partial charge is 0.193 e. The molecule has 1 aromatic carbocycles. The van der Waals surface area contributed by atoms with Crippen molar-refractivity contribution in [2.24, 2.45) is 0 Å². The normalized spacial score (nSPS) is 10.9. The van der Waals surface area contributed by atoms with E-state index in [1.807, 2.05) is 12.1 Å². The highest BCUT2D eigenvalue weighted by molar-refractivity contribution is 5.81. The van der Waals surface area contributed by atoms with Crippen LogP contribution in [0.3, 0.4) is 0 Å². The van der Waals surface area contributed by atoms with Gasteiger partial charge in [0, 0.05) is 6.07 Å². The average molecular weight is 216 g/mol. The van der Waals surface area contributed by atoms with Gasteiger partial charge in [-0.25, -0.2) is 0 Å². The Balaban J connectivity index is 2.75. The van der Waals surface area contributed by atoms with E-state index in [9.17, 15) is 9.59 Å². The van der Waals surface area contributed by atoms with E-state index in [0.29, 0.717) is 23.2 Å². The van der Waals surface area contributed by atoms with Crippen LogP contribution in [-0.4, -0.2) is 6.29 Å². The second-order valence-corrected chi connectivity index (χ2v) is 4.04. The third kappa shape index (κ3) is 1.76. The first-order valence-corrected chi connectivity index (χ1v) is 5.15. The zero-order chi connectivity index (χ0) is 11.7. The average Bonchev–Trinajstić information content (AvgIpc) is 2.28. The number of fused-ring (bicyclic) bond motifs is 1. The van der Waals surface area contributed by atoms with Crippen molar-refractivity contribution < 1.29 is 9.21 Å². The minimum Gasteiger partial charge on any atom is -0.453 e. The number of benzene rings is 1. The highest BCUT2D eigenvalue weighted by atomic mass is 16.3. The largest absolute Gasteiger partial charge is 0.453 e. The molecule has 2 aromatic rings. The molecule has 1 aromatic heterocycles. The molecule has 0 aliphatic heterocycles. The highest BCUT2D eigenvalue weighted by Crippen LogP contribution is 2.19. The van der Waals surface area contributed by atoms with Gasteiger partial charge in [-0.2, -0.15) is 0 Å². The van der Waals surface area contributed by atoms with Crippen LogP contribution in [0.15, 0.2) is 33.5 Å². The summed E-state index contributed by atoms with van der Waals surface area (Å²) in [6.07, 6.45) is 0.539. The quantitative estimate of drug-likeness (QED) is 0.725. The molecule has 0 atom stereocenters. The van der Waals surface area contributed by atoms with Crippen LogP contribution >= 0.6 is 0 Å². The van der Waals surface area contributed by atoms with Gasteiger partial charge in [0.15, 0.2) is 17.5 Å². The van der Waals surface area contributed by atoms with Gasteiger partial charge in [-0.15, -0.1) is 0 Å².